The Balaban J connectivity index is 2.55. The van der Waals surface area contributed by atoms with Crippen molar-refractivity contribution in [3.8, 4) is 0 Å². The molecule has 1 saturated carbocycles. The summed E-state index contributed by atoms with van der Waals surface area (Å²) in [5.74, 6) is -0.621. The van der Waals surface area contributed by atoms with E-state index in [1.807, 2.05) is 6.92 Å². The molecule has 0 heterocycles. The second-order valence-electron chi connectivity index (χ2n) is 5.36. The topological polar surface area (TPSA) is 103 Å². The van der Waals surface area contributed by atoms with E-state index in [0.717, 1.165) is 18.4 Å². The van der Waals surface area contributed by atoms with Crippen molar-refractivity contribution in [3.05, 3.63) is 35.8 Å². The van der Waals surface area contributed by atoms with E-state index in [-0.39, 0.29) is 11.7 Å². The van der Waals surface area contributed by atoms with Crippen molar-refractivity contribution < 1.29 is 14.7 Å². The maximum atomic E-state index is 11.9. The van der Waals surface area contributed by atoms with Gasteiger partial charge in [0.05, 0.1) is 0 Å². The molecule has 0 bridgehead atoms. The summed E-state index contributed by atoms with van der Waals surface area (Å²) in [4.78, 5) is 27.1. The number of nitrogens with zero attached hydrogens (tertiary/aromatic N) is 1. The maximum Gasteiger partial charge on any atom is 0.371 e. The minimum absolute atomic E-state index is 0.0267. The highest BCUT2D eigenvalue weighted by Crippen LogP contribution is 2.28. The highest BCUT2D eigenvalue weighted by Gasteiger charge is 2.22. The third-order valence-electron chi connectivity index (χ3n) is 3.29. The number of aliphatic imine (C=N–C) groups is 1. The van der Waals surface area contributed by atoms with Crippen LogP contribution in [0.2, 0.25) is 0 Å². The fourth-order valence-corrected chi connectivity index (χ4v) is 2.00. The molecule has 0 saturated heterocycles. The molecule has 132 valence electrons. The van der Waals surface area contributed by atoms with Crippen LogP contribution >= 0.6 is 11.6 Å². The van der Waals surface area contributed by atoms with Gasteiger partial charge in [-0.25, -0.2) is 9.59 Å². The summed E-state index contributed by atoms with van der Waals surface area (Å²) in [7, 11) is 0. The number of allylic oxidation sites excluding steroid dienone is 3. The maximum absolute atomic E-state index is 11.9. The highest BCUT2D eigenvalue weighted by atomic mass is 35.5. The van der Waals surface area contributed by atoms with Gasteiger partial charge in [0.2, 0.25) is 5.84 Å². The van der Waals surface area contributed by atoms with E-state index < -0.39 is 12.0 Å². The van der Waals surface area contributed by atoms with Gasteiger partial charge in [-0.15, -0.1) is 11.6 Å². The Morgan fingerprint density at radius 1 is 1.33 bits per heavy atom. The Hall–Kier alpha value is -2.28. The quantitative estimate of drug-likeness (QED) is 0.244. The zero-order chi connectivity index (χ0) is 18.1. The number of urea groups is 1. The Labute approximate surface area is 146 Å². The standard InChI is InChI=1S/C16H23ClN4O3/c1-4-13(10(2)7-8-17)21-16(24)20-11(3)19-14(15(22)23)18-9-12-5-6-12/h4,7,12H,3,5-6,8-9H2,1-2H3,(H,18,19)(H,22,23)(H2,20,21,24)/b10-7-,13-4+. The molecule has 0 aliphatic heterocycles. The van der Waals surface area contributed by atoms with Gasteiger partial charge in [-0.3, -0.25) is 10.3 Å². The van der Waals surface area contributed by atoms with Gasteiger partial charge < -0.3 is 15.7 Å². The number of carboxylic acids is 1. The van der Waals surface area contributed by atoms with Crippen LogP contribution in [0.25, 0.3) is 0 Å². The molecule has 0 spiro atoms. The fraction of sp³-hybridized carbons (Fsp3) is 0.438. The van der Waals surface area contributed by atoms with Crippen LogP contribution in [0.15, 0.2) is 40.8 Å². The van der Waals surface area contributed by atoms with Crippen LogP contribution in [0.4, 0.5) is 4.79 Å². The van der Waals surface area contributed by atoms with Crippen molar-refractivity contribution >= 4 is 29.4 Å². The lowest BCUT2D eigenvalue weighted by atomic mass is 10.2. The predicted octanol–water partition coefficient (Wildman–Crippen LogP) is 2.33. The summed E-state index contributed by atoms with van der Waals surface area (Å²) in [5.41, 5.74) is 1.42. The number of hydrogen-bond acceptors (Lipinski definition) is 3. The normalized spacial score (nSPS) is 15.7. The summed E-state index contributed by atoms with van der Waals surface area (Å²) in [6.45, 7) is 7.65. The number of carboxylic acid groups (broad SMARTS) is 1. The minimum Gasteiger partial charge on any atom is -0.475 e. The third-order valence-corrected chi connectivity index (χ3v) is 3.44. The van der Waals surface area contributed by atoms with Crippen LogP contribution in [0.1, 0.15) is 26.7 Å². The van der Waals surface area contributed by atoms with Gasteiger partial charge in [0.25, 0.3) is 0 Å². The summed E-state index contributed by atoms with van der Waals surface area (Å²) < 4.78 is 0. The van der Waals surface area contributed by atoms with Crippen molar-refractivity contribution in [3.63, 3.8) is 0 Å². The van der Waals surface area contributed by atoms with Gasteiger partial charge in [-0.05, 0) is 38.2 Å². The van der Waals surface area contributed by atoms with Crippen LogP contribution in [-0.4, -0.2) is 35.4 Å². The number of carbonyl (C=O) groups excluding carboxylic acids is 1. The zero-order valence-corrected chi connectivity index (χ0v) is 14.6. The zero-order valence-electron chi connectivity index (χ0n) is 13.9. The monoisotopic (exact) mass is 354 g/mol. The molecule has 1 aliphatic carbocycles. The molecule has 0 aromatic rings. The number of hydrogen-bond donors (Lipinski definition) is 4. The Kier molecular flexibility index (Phi) is 8.05. The lowest BCUT2D eigenvalue weighted by Gasteiger charge is -2.14. The van der Waals surface area contributed by atoms with Crippen molar-refractivity contribution in [2.45, 2.75) is 26.7 Å². The van der Waals surface area contributed by atoms with Crippen LogP contribution in [0.5, 0.6) is 0 Å². The Bertz CT molecular complexity index is 592. The number of rotatable bonds is 7. The van der Waals surface area contributed by atoms with Gasteiger partial charge in [0, 0.05) is 18.1 Å². The summed E-state index contributed by atoms with van der Waals surface area (Å²) in [5, 5.41) is 16.7. The summed E-state index contributed by atoms with van der Waals surface area (Å²) in [6, 6.07) is -0.546. The molecule has 1 rings (SSSR count). The second kappa shape index (κ2) is 9.77. The smallest absolute Gasteiger partial charge is 0.371 e. The molecule has 1 aliphatic rings. The van der Waals surface area contributed by atoms with E-state index >= 15 is 0 Å². The first-order chi connectivity index (χ1) is 11.4. The highest BCUT2D eigenvalue weighted by molar-refractivity contribution is 6.34. The van der Waals surface area contributed by atoms with Gasteiger partial charge in [0.1, 0.15) is 5.82 Å². The number of nitrogens with one attached hydrogen (secondary N) is 3. The van der Waals surface area contributed by atoms with Gasteiger partial charge in [-0.2, -0.15) is 0 Å². The van der Waals surface area contributed by atoms with E-state index in [1.165, 1.54) is 0 Å². The molecule has 0 aromatic carbocycles. The van der Waals surface area contributed by atoms with E-state index in [0.29, 0.717) is 24.0 Å². The first-order valence-corrected chi connectivity index (χ1v) is 8.11. The number of amides is 2. The first-order valence-electron chi connectivity index (χ1n) is 7.58. The molecular weight excluding hydrogens is 332 g/mol. The molecule has 4 N–H and O–H groups in total. The lowest BCUT2D eigenvalue weighted by molar-refractivity contribution is -0.129. The molecule has 0 unspecified atom stereocenters. The second-order valence-corrected chi connectivity index (χ2v) is 5.67. The van der Waals surface area contributed by atoms with E-state index in [9.17, 15) is 9.59 Å². The average molecular weight is 355 g/mol. The van der Waals surface area contributed by atoms with Crippen LogP contribution in [0, 0.1) is 5.92 Å². The molecule has 7 nitrogen and oxygen atoms in total. The Morgan fingerprint density at radius 2 is 2.00 bits per heavy atom. The van der Waals surface area contributed by atoms with Crippen molar-refractivity contribution in [1.82, 2.24) is 16.0 Å². The molecule has 1 fully saturated rings. The van der Waals surface area contributed by atoms with Crippen LogP contribution in [0.3, 0.4) is 0 Å². The van der Waals surface area contributed by atoms with Gasteiger partial charge in [-0.1, -0.05) is 18.7 Å². The molecular formula is C16H23ClN4O3. The molecule has 2 amide bonds. The largest absolute Gasteiger partial charge is 0.475 e. The molecule has 0 radical (unpaired) electrons. The Morgan fingerprint density at radius 3 is 2.50 bits per heavy atom. The first kappa shape index (κ1) is 19.8. The summed E-state index contributed by atoms with van der Waals surface area (Å²) >= 11 is 5.64. The number of alkyl halides is 1. The number of halogens is 1. The lowest BCUT2D eigenvalue weighted by Crippen LogP contribution is -2.42. The average Bonchev–Trinajstić information content (AvgIpc) is 3.33. The van der Waals surface area contributed by atoms with Gasteiger partial charge >= 0.3 is 12.0 Å². The van der Waals surface area contributed by atoms with Crippen molar-refractivity contribution in [2.75, 3.05) is 12.4 Å². The van der Waals surface area contributed by atoms with E-state index in [2.05, 4.69) is 27.5 Å². The third kappa shape index (κ3) is 7.32. The number of carbonyl (C=O) groups is 2. The minimum atomic E-state index is -1.20. The van der Waals surface area contributed by atoms with Gasteiger partial charge in [0.15, 0.2) is 0 Å². The molecule has 0 aromatic heterocycles. The number of amidine groups is 1. The van der Waals surface area contributed by atoms with E-state index in [4.69, 9.17) is 16.7 Å². The van der Waals surface area contributed by atoms with Crippen LogP contribution < -0.4 is 16.0 Å². The van der Waals surface area contributed by atoms with Crippen molar-refractivity contribution in [2.24, 2.45) is 10.9 Å². The molecule has 0 atom stereocenters. The van der Waals surface area contributed by atoms with Crippen LogP contribution in [-0.2, 0) is 4.79 Å². The predicted molar refractivity (Wildman–Crippen MR) is 94.8 cm³/mol. The molecule has 24 heavy (non-hydrogen) atoms. The fourth-order valence-electron chi connectivity index (χ4n) is 1.77. The SMILES string of the molecule is C=C(NC(=O)NC(=C/C)/C(C)=C\CCl)NC(=NCC1CC1)C(=O)O. The van der Waals surface area contributed by atoms with E-state index in [1.54, 1.807) is 19.1 Å². The summed E-state index contributed by atoms with van der Waals surface area (Å²) in [6.07, 6.45) is 5.63. The molecule has 8 heteroatoms. The van der Waals surface area contributed by atoms with Crippen molar-refractivity contribution in [1.29, 1.82) is 0 Å². The number of aliphatic carboxylic acids is 1.